The fourth-order valence-electron chi connectivity index (χ4n) is 3.23. The van der Waals surface area contributed by atoms with Gasteiger partial charge in [-0.2, -0.15) is 0 Å². The maximum absolute atomic E-state index is 12.6. The molecule has 1 aliphatic heterocycles. The monoisotopic (exact) mass is 379 g/mol. The molecule has 3 rings (SSSR count). The Bertz CT molecular complexity index is 1010. The van der Waals surface area contributed by atoms with Crippen molar-refractivity contribution in [1.82, 2.24) is 14.8 Å². The van der Waals surface area contributed by atoms with Gasteiger partial charge >= 0.3 is 0 Å². The van der Waals surface area contributed by atoms with E-state index in [1.165, 1.54) is 4.90 Å². The van der Waals surface area contributed by atoms with E-state index < -0.39 is 0 Å². The molecule has 7 nitrogen and oxygen atoms in total. The third-order valence-electron chi connectivity index (χ3n) is 4.94. The van der Waals surface area contributed by atoms with Gasteiger partial charge in [0.25, 0.3) is 11.8 Å². The molecule has 0 unspecified atom stereocenters. The maximum atomic E-state index is 12.6. The number of aromatic amines is 1. The van der Waals surface area contributed by atoms with Crippen LogP contribution in [0.15, 0.2) is 41.6 Å². The van der Waals surface area contributed by atoms with E-state index in [4.69, 9.17) is 11.1 Å². The number of nitrogens with two attached hydrogens (primary N) is 1. The number of carbonyl (C=O) groups excluding carboxylic acids is 2. The minimum Gasteiger partial charge on any atom is -0.394 e. The smallest absolute Gasteiger partial charge is 0.270 e. The fourth-order valence-corrected chi connectivity index (χ4v) is 3.23. The first-order valence-electron chi connectivity index (χ1n) is 9.11. The van der Waals surface area contributed by atoms with Crippen LogP contribution in [-0.4, -0.2) is 60.0 Å². The second kappa shape index (κ2) is 7.72. The van der Waals surface area contributed by atoms with Crippen molar-refractivity contribution >= 4 is 34.5 Å². The Hall–Kier alpha value is -3.35. The summed E-state index contributed by atoms with van der Waals surface area (Å²) in [4.78, 5) is 31.2. The van der Waals surface area contributed by atoms with Crippen molar-refractivity contribution in [2.45, 2.75) is 13.3 Å². The zero-order valence-corrected chi connectivity index (χ0v) is 16.4. The molecule has 0 atom stereocenters. The Morgan fingerprint density at radius 1 is 1.29 bits per heavy atom. The summed E-state index contributed by atoms with van der Waals surface area (Å²) in [6.45, 7) is 2.72. The third kappa shape index (κ3) is 3.69. The van der Waals surface area contributed by atoms with Gasteiger partial charge < -0.3 is 25.9 Å². The topological polar surface area (TPSA) is 106 Å². The van der Waals surface area contributed by atoms with Crippen molar-refractivity contribution in [3.8, 4) is 0 Å². The van der Waals surface area contributed by atoms with Gasteiger partial charge in [0.1, 0.15) is 11.4 Å². The van der Waals surface area contributed by atoms with Gasteiger partial charge in [-0.15, -0.1) is 0 Å². The predicted octanol–water partition coefficient (Wildman–Crippen LogP) is 2.37. The van der Waals surface area contributed by atoms with E-state index in [-0.39, 0.29) is 17.5 Å². The van der Waals surface area contributed by atoms with Gasteiger partial charge in [-0.05, 0) is 42.2 Å². The SMILES string of the molecule is C/C(C=N)=C(/N)C(=O)N1CCC=C(c2ccc3cc(C(=O)N(C)C)[nH]c3c2)C1. The molecule has 2 amide bonds. The van der Waals surface area contributed by atoms with Crippen LogP contribution in [-0.2, 0) is 4.79 Å². The van der Waals surface area contributed by atoms with Crippen molar-refractivity contribution in [1.29, 1.82) is 5.41 Å². The molecule has 0 saturated carbocycles. The van der Waals surface area contributed by atoms with Crippen molar-refractivity contribution in [2.75, 3.05) is 27.2 Å². The Balaban J connectivity index is 1.86. The van der Waals surface area contributed by atoms with Crippen LogP contribution in [0.4, 0.5) is 0 Å². The van der Waals surface area contributed by atoms with Gasteiger partial charge in [0, 0.05) is 44.3 Å². The molecule has 2 heterocycles. The summed E-state index contributed by atoms with van der Waals surface area (Å²) >= 11 is 0. The first kappa shape index (κ1) is 19.4. The lowest BCUT2D eigenvalue weighted by molar-refractivity contribution is -0.126. The Kier molecular flexibility index (Phi) is 5.35. The fraction of sp³-hybridized carbons (Fsp3) is 0.286. The highest BCUT2D eigenvalue weighted by Crippen LogP contribution is 2.26. The van der Waals surface area contributed by atoms with Crippen LogP contribution in [0.25, 0.3) is 16.5 Å². The number of benzene rings is 1. The molecule has 0 aliphatic carbocycles. The Labute approximate surface area is 164 Å². The number of carbonyl (C=O) groups is 2. The molecule has 2 aromatic rings. The molecule has 0 radical (unpaired) electrons. The molecule has 7 heteroatoms. The number of rotatable bonds is 4. The van der Waals surface area contributed by atoms with Crippen molar-refractivity contribution in [3.63, 3.8) is 0 Å². The minimum absolute atomic E-state index is 0.0739. The number of aromatic nitrogens is 1. The average molecular weight is 379 g/mol. The van der Waals surface area contributed by atoms with Crippen molar-refractivity contribution in [2.24, 2.45) is 5.73 Å². The summed E-state index contributed by atoms with van der Waals surface area (Å²) in [5.74, 6) is -0.318. The van der Waals surface area contributed by atoms with E-state index in [1.54, 1.807) is 25.9 Å². The second-order valence-electron chi connectivity index (χ2n) is 7.17. The number of hydrogen-bond donors (Lipinski definition) is 3. The van der Waals surface area contributed by atoms with Crippen LogP contribution in [0.1, 0.15) is 29.4 Å². The molecular formula is C21H25N5O2. The summed E-state index contributed by atoms with van der Waals surface area (Å²) in [5.41, 5.74) is 9.94. The summed E-state index contributed by atoms with van der Waals surface area (Å²) in [7, 11) is 3.44. The second-order valence-corrected chi connectivity index (χ2v) is 7.17. The van der Waals surface area contributed by atoms with Gasteiger partial charge in [0.15, 0.2) is 0 Å². The zero-order valence-electron chi connectivity index (χ0n) is 16.4. The third-order valence-corrected chi connectivity index (χ3v) is 4.94. The van der Waals surface area contributed by atoms with Crippen molar-refractivity contribution in [3.05, 3.63) is 52.9 Å². The van der Waals surface area contributed by atoms with E-state index in [9.17, 15) is 9.59 Å². The molecule has 0 bridgehead atoms. The van der Waals surface area contributed by atoms with Gasteiger partial charge in [-0.1, -0.05) is 18.2 Å². The van der Waals surface area contributed by atoms with Gasteiger partial charge in [0.2, 0.25) is 0 Å². The number of nitrogens with zero attached hydrogens (tertiary/aromatic N) is 2. The first-order chi connectivity index (χ1) is 13.3. The number of hydrogen-bond acceptors (Lipinski definition) is 4. The van der Waals surface area contributed by atoms with Crippen molar-refractivity contribution < 1.29 is 9.59 Å². The standard InChI is InChI=1S/C21H25N5O2/c1-13(11-22)19(23)21(28)26-8-4-5-16(12-26)14-6-7-15-10-18(20(27)25(2)3)24-17(15)9-14/h5-7,9-11,22,24H,4,8,12,23H2,1-3H3/b19-13-,22-11?. The molecule has 0 saturated heterocycles. The van der Waals surface area contributed by atoms with Gasteiger partial charge in [-0.3, -0.25) is 9.59 Å². The largest absolute Gasteiger partial charge is 0.394 e. The first-order valence-corrected chi connectivity index (χ1v) is 9.11. The number of allylic oxidation sites excluding steroid dienone is 1. The Morgan fingerprint density at radius 2 is 2.04 bits per heavy atom. The van der Waals surface area contributed by atoms with Crippen LogP contribution in [0.5, 0.6) is 0 Å². The highest BCUT2D eigenvalue weighted by molar-refractivity contribution is 6.00. The van der Waals surface area contributed by atoms with Crippen LogP contribution in [0.2, 0.25) is 0 Å². The van der Waals surface area contributed by atoms with E-state index in [0.29, 0.717) is 24.4 Å². The molecule has 1 aromatic heterocycles. The normalized spacial score (nSPS) is 15.1. The summed E-state index contributed by atoms with van der Waals surface area (Å²) in [6.07, 6.45) is 3.97. The number of nitrogens with one attached hydrogen (secondary N) is 2. The molecule has 0 spiro atoms. The highest BCUT2D eigenvalue weighted by Gasteiger charge is 2.22. The minimum atomic E-state index is -0.244. The quantitative estimate of drug-likeness (QED) is 0.561. The number of fused-ring (bicyclic) bond motifs is 1. The van der Waals surface area contributed by atoms with E-state index >= 15 is 0 Å². The molecule has 28 heavy (non-hydrogen) atoms. The lowest BCUT2D eigenvalue weighted by Crippen LogP contribution is -2.38. The molecule has 146 valence electrons. The molecule has 0 fully saturated rings. The number of amides is 2. The molecular weight excluding hydrogens is 354 g/mol. The van der Waals surface area contributed by atoms with E-state index in [2.05, 4.69) is 11.1 Å². The predicted molar refractivity (Wildman–Crippen MR) is 111 cm³/mol. The van der Waals surface area contributed by atoms with Crippen LogP contribution < -0.4 is 5.73 Å². The highest BCUT2D eigenvalue weighted by atomic mass is 16.2. The maximum Gasteiger partial charge on any atom is 0.270 e. The molecule has 1 aliphatic rings. The van der Waals surface area contributed by atoms with Crippen LogP contribution in [0, 0.1) is 5.41 Å². The lowest BCUT2D eigenvalue weighted by Gasteiger charge is -2.28. The van der Waals surface area contributed by atoms with E-state index in [0.717, 1.165) is 34.7 Å². The van der Waals surface area contributed by atoms with Crippen LogP contribution >= 0.6 is 0 Å². The Morgan fingerprint density at radius 3 is 2.71 bits per heavy atom. The zero-order chi connectivity index (χ0) is 20.4. The van der Waals surface area contributed by atoms with Gasteiger partial charge in [0.05, 0.1) is 0 Å². The van der Waals surface area contributed by atoms with E-state index in [1.807, 2.05) is 24.3 Å². The summed E-state index contributed by atoms with van der Waals surface area (Å²) in [6, 6.07) is 7.83. The average Bonchev–Trinajstić information content (AvgIpc) is 3.14. The summed E-state index contributed by atoms with van der Waals surface area (Å²) in [5, 5.41) is 8.25. The summed E-state index contributed by atoms with van der Waals surface area (Å²) < 4.78 is 0. The lowest BCUT2D eigenvalue weighted by atomic mass is 9.99. The molecule has 4 N–H and O–H groups in total. The van der Waals surface area contributed by atoms with Gasteiger partial charge in [-0.25, -0.2) is 0 Å². The number of H-pyrrole nitrogens is 1. The van der Waals surface area contributed by atoms with Crippen LogP contribution in [0.3, 0.4) is 0 Å². The molecule has 1 aromatic carbocycles.